The van der Waals surface area contributed by atoms with E-state index >= 15 is 0 Å². The highest BCUT2D eigenvalue weighted by Crippen LogP contribution is 2.26. The van der Waals surface area contributed by atoms with Gasteiger partial charge in [-0.3, -0.25) is 14.6 Å². The van der Waals surface area contributed by atoms with Gasteiger partial charge in [0.1, 0.15) is 10.8 Å². The van der Waals surface area contributed by atoms with Gasteiger partial charge in [-0.15, -0.1) is 23.7 Å². The van der Waals surface area contributed by atoms with Gasteiger partial charge >= 0.3 is 6.03 Å². The molecule has 0 spiro atoms. The van der Waals surface area contributed by atoms with Crippen molar-refractivity contribution in [1.82, 2.24) is 20.2 Å². The molecule has 0 aliphatic carbocycles. The number of aromatic nitrogens is 1. The van der Waals surface area contributed by atoms with Crippen molar-refractivity contribution in [2.45, 2.75) is 6.54 Å². The largest absolute Gasteiger partial charge is 0.507 e. The van der Waals surface area contributed by atoms with Gasteiger partial charge in [0.2, 0.25) is 0 Å². The number of phenols is 1. The van der Waals surface area contributed by atoms with Crippen LogP contribution in [0, 0.1) is 0 Å². The van der Waals surface area contributed by atoms with E-state index < -0.39 is 0 Å². The van der Waals surface area contributed by atoms with Crippen molar-refractivity contribution in [2.24, 2.45) is 5.10 Å². The van der Waals surface area contributed by atoms with Crippen molar-refractivity contribution in [3.63, 3.8) is 0 Å². The van der Waals surface area contributed by atoms with E-state index in [9.17, 15) is 14.7 Å². The van der Waals surface area contributed by atoms with Crippen LogP contribution in [0.3, 0.4) is 0 Å². The molecule has 4 N–H and O–H groups in total. The second kappa shape index (κ2) is 15.8. The molecular formula is C30H30Cl3N7O3S. The van der Waals surface area contributed by atoms with Crippen LogP contribution in [0.25, 0.3) is 10.6 Å². The number of benzene rings is 3. The van der Waals surface area contributed by atoms with Crippen LogP contribution in [0.4, 0.5) is 16.2 Å². The Morgan fingerprint density at radius 1 is 0.932 bits per heavy atom. The van der Waals surface area contributed by atoms with Gasteiger partial charge in [-0.05, 0) is 60.7 Å². The average Bonchev–Trinajstić information content (AvgIpc) is 3.45. The van der Waals surface area contributed by atoms with Crippen molar-refractivity contribution in [3.8, 4) is 16.3 Å². The number of hydrazone groups is 1. The fourth-order valence-corrected chi connectivity index (χ4v) is 5.63. The Hall–Kier alpha value is -3.71. The maximum atomic E-state index is 12.3. The molecule has 4 aromatic rings. The summed E-state index contributed by atoms with van der Waals surface area (Å²) < 4.78 is 0. The Balaban J connectivity index is 0.00000442. The summed E-state index contributed by atoms with van der Waals surface area (Å²) in [5.74, 6) is -0.188. The number of hydrogen-bond acceptors (Lipinski definition) is 8. The summed E-state index contributed by atoms with van der Waals surface area (Å²) in [5, 5.41) is 23.3. The first-order chi connectivity index (χ1) is 20.8. The maximum absolute atomic E-state index is 12.3. The molecule has 10 nitrogen and oxygen atoms in total. The van der Waals surface area contributed by atoms with Crippen molar-refractivity contribution < 1.29 is 14.7 Å². The van der Waals surface area contributed by atoms with E-state index in [-0.39, 0.29) is 36.6 Å². The summed E-state index contributed by atoms with van der Waals surface area (Å²) in [6, 6.07) is 18.8. The quantitative estimate of drug-likeness (QED) is 0.125. The number of urea groups is 1. The summed E-state index contributed by atoms with van der Waals surface area (Å²) in [6.07, 6.45) is 1.37. The Kier molecular flexibility index (Phi) is 12.0. The highest BCUT2D eigenvalue weighted by atomic mass is 35.5. The van der Waals surface area contributed by atoms with E-state index in [4.69, 9.17) is 28.2 Å². The zero-order valence-electron chi connectivity index (χ0n) is 23.4. The molecular weight excluding hydrogens is 645 g/mol. The number of hydrogen-bond donors (Lipinski definition) is 4. The van der Waals surface area contributed by atoms with Crippen LogP contribution >= 0.6 is 46.9 Å². The lowest BCUT2D eigenvalue weighted by atomic mass is 10.2. The number of nitrogens with one attached hydrogen (secondary N) is 3. The van der Waals surface area contributed by atoms with Crippen LogP contribution in [-0.4, -0.2) is 70.8 Å². The van der Waals surface area contributed by atoms with E-state index in [1.807, 2.05) is 24.3 Å². The summed E-state index contributed by atoms with van der Waals surface area (Å²) >= 11 is 13.5. The van der Waals surface area contributed by atoms with Gasteiger partial charge in [0.05, 0.1) is 18.5 Å². The minimum Gasteiger partial charge on any atom is -0.507 e. The molecule has 2 heterocycles. The first-order valence-corrected chi connectivity index (χ1v) is 15.1. The molecule has 230 valence electrons. The van der Waals surface area contributed by atoms with Gasteiger partial charge in [0, 0.05) is 70.7 Å². The smallest absolute Gasteiger partial charge is 0.323 e. The lowest BCUT2D eigenvalue weighted by Gasteiger charge is -2.33. The Morgan fingerprint density at radius 3 is 2.39 bits per heavy atom. The van der Waals surface area contributed by atoms with E-state index in [2.05, 4.69) is 36.3 Å². The predicted octanol–water partition coefficient (Wildman–Crippen LogP) is 6.16. The maximum Gasteiger partial charge on any atom is 0.323 e. The zero-order valence-corrected chi connectivity index (χ0v) is 26.5. The van der Waals surface area contributed by atoms with Crippen LogP contribution in [0.15, 0.2) is 77.2 Å². The third-order valence-electron chi connectivity index (χ3n) is 6.62. The number of halogens is 3. The van der Waals surface area contributed by atoms with Gasteiger partial charge in [0.25, 0.3) is 5.91 Å². The number of rotatable bonds is 9. The van der Waals surface area contributed by atoms with Gasteiger partial charge in [-0.2, -0.15) is 5.10 Å². The highest BCUT2D eigenvalue weighted by Gasteiger charge is 2.20. The number of aromatic hydroxyl groups is 1. The van der Waals surface area contributed by atoms with Crippen molar-refractivity contribution in [1.29, 1.82) is 0 Å². The number of nitrogens with zero attached hydrogens (tertiary/aromatic N) is 4. The fraction of sp³-hybridized carbons (Fsp3) is 0.200. The molecule has 1 saturated heterocycles. The first kappa shape index (κ1) is 33.2. The average molecular weight is 675 g/mol. The molecule has 0 unspecified atom stereocenters. The summed E-state index contributed by atoms with van der Waals surface area (Å²) in [5.41, 5.74) is 6.17. The molecule has 1 aliphatic heterocycles. The molecule has 1 fully saturated rings. The molecule has 3 amide bonds. The Morgan fingerprint density at radius 2 is 1.64 bits per heavy atom. The minimum atomic E-state index is -0.351. The molecule has 0 radical (unpaired) electrons. The number of carbonyl (C=O) groups excluding carboxylic acids is 2. The number of phenolic OH excluding ortho intramolecular Hbond substituents is 1. The van der Waals surface area contributed by atoms with Crippen molar-refractivity contribution in [2.75, 3.05) is 43.4 Å². The normalized spacial score (nSPS) is 13.8. The van der Waals surface area contributed by atoms with Crippen molar-refractivity contribution in [3.05, 3.63) is 93.4 Å². The second-order valence-corrected chi connectivity index (χ2v) is 11.6. The fourth-order valence-electron chi connectivity index (χ4n) is 4.44. The first-order valence-electron chi connectivity index (χ1n) is 13.4. The van der Waals surface area contributed by atoms with E-state index in [0.717, 1.165) is 49.0 Å². The minimum absolute atomic E-state index is 0. The van der Waals surface area contributed by atoms with Crippen LogP contribution < -0.4 is 16.1 Å². The summed E-state index contributed by atoms with van der Waals surface area (Å²) in [4.78, 5) is 33.8. The SMILES string of the molecule is Cl.O=C(CN1CCN(Cc2csc(-c3ccc(NC(=O)Nc4cccc(Cl)c4)cc3)n2)CC1)N/N=C/c1cc(Cl)ccc1O. The van der Waals surface area contributed by atoms with Crippen LogP contribution in [0.2, 0.25) is 10.0 Å². The second-order valence-electron chi connectivity index (χ2n) is 9.86. The molecule has 0 saturated carbocycles. The van der Waals surface area contributed by atoms with E-state index in [1.165, 1.54) is 12.3 Å². The monoisotopic (exact) mass is 673 g/mol. The topological polar surface area (TPSA) is 122 Å². The lowest BCUT2D eigenvalue weighted by molar-refractivity contribution is -0.122. The zero-order chi connectivity index (χ0) is 30.2. The lowest BCUT2D eigenvalue weighted by Crippen LogP contribution is -2.48. The molecule has 5 rings (SSSR count). The molecule has 1 aromatic heterocycles. The molecule has 14 heteroatoms. The molecule has 0 bridgehead atoms. The Labute approximate surface area is 275 Å². The molecule has 3 aromatic carbocycles. The third kappa shape index (κ3) is 9.65. The summed E-state index contributed by atoms with van der Waals surface area (Å²) in [6.45, 7) is 4.11. The predicted molar refractivity (Wildman–Crippen MR) is 179 cm³/mol. The van der Waals surface area contributed by atoms with E-state index in [1.54, 1.807) is 47.7 Å². The number of piperazine rings is 1. The van der Waals surface area contributed by atoms with Crippen LogP contribution in [0.1, 0.15) is 11.3 Å². The van der Waals surface area contributed by atoms with Gasteiger partial charge in [-0.25, -0.2) is 15.2 Å². The molecule has 0 atom stereocenters. The van der Waals surface area contributed by atoms with Gasteiger partial charge in [0.15, 0.2) is 0 Å². The molecule has 1 aliphatic rings. The third-order valence-corrected chi connectivity index (χ3v) is 8.03. The number of anilines is 2. The van der Waals surface area contributed by atoms with Crippen LogP contribution in [-0.2, 0) is 11.3 Å². The number of amides is 3. The number of carbonyl (C=O) groups is 2. The highest BCUT2D eigenvalue weighted by molar-refractivity contribution is 7.13. The van der Waals surface area contributed by atoms with Gasteiger partial charge < -0.3 is 15.7 Å². The van der Waals surface area contributed by atoms with Crippen molar-refractivity contribution >= 4 is 76.5 Å². The Bertz CT molecular complexity index is 1610. The van der Waals surface area contributed by atoms with E-state index in [0.29, 0.717) is 27.0 Å². The van der Waals surface area contributed by atoms with Crippen LogP contribution in [0.5, 0.6) is 5.75 Å². The molecule has 44 heavy (non-hydrogen) atoms. The number of thiazole rings is 1. The summed E-state index contributed by atoms with van der Waals surface area (Å²) in [7, 11) is 0. The van der Waals surface area contributed by atoms with Gasteiger partial charge in [-0.1, -0.05) is 29.3 Å². The standard InChI is InChI=1S/C30H29Cl2N7O3S.ClH/c31-22-2-1-3-25(15-22)36-30(42)35-24-7-4-20(5-8-24)29-34-26(19-43-29)17-38-10-12-39(13-11-38)18-28(41)37-33-16-21-14-23(32)6-9-27(21)40;/h1-9,14-16,19,40H,10-13,17-18H2,(H,37,41)(H2,35,36,42);1H/b33-16+;.